The van der Waals surface area contributed by atoms with Gasteiger partial charge in [-0.1, -0.05) is 42.5 Å². The minimum atomic E-state index is -0.937. The number of rotatable bonds is 4. The average Bonchev–Trinajstić information content (AvgIpc) is 3.07. The van der Waals surface area contributed by atoms with Crippen molar-refractivity contribution in [1.82, 2.24) is 15.1 Å². The van der Waals surface area contributed by atoms with Crippen molar-refractivity contribution >= 4 is 0 Å². The summed E-state index contributed by atoms with van der Waals surface area (Å²) in [7, 11) is 0. The van der Waals surface area contributed by atoms with Crippen LogP contribution >= 0.6 is 0 Å². The maximum Gasteiger partial charge on any atom is 0.233 e. The number of hydrogen-bond acceptors (Lipinski definition) is 5. The van der Waals surface area contributed by atoms with Gasteiger partial charge in [-0.05, 0) is 23.6 Å². The Hall–Kier alpha value is -2.57. The third-order valence-corrected chi connectivity index (χ3v) is 4.84. The van der Waals surface area contributed by atoms with Crippen molar-refractivity contribution in [3.05, 3.63) is 82.8 Å². The summed E-state index contributed by atoms with van der Waals surface area (Å²) in [6.45, 7) is 2.67. The number of nitrogens with zero attached hydrogens (tertiary/aromatic N) is 3. The van der Waals surface area contributed by atoms with Crippen molar-refractivity contribution in [2.24, 2.45) is 0 Å². The van der Waals surface area contributed by atoms with Gasteiger partial charge in [-0.2, -0.15) is 0 Å². The van der Waals surface area contributed by atoms with Crippen molar-refractivity contribution in [2.75, 3.05) is 6.54 Å². The molecule has 5 nitrogen and oxygen atoms in total. The van der Waals surface area contributed by atoms with E-state index in [2.05, 4.69) is 27.2 Å². The summed E-state index contributed by atoms with van der Waals surface area (Å²) >= 11 is 0. The van der Waals surface area contributed by atoms with E-state index in [1.165, 1.54) is 17.2 Å². The fourth-order valence-corrected chi connectivity index (χ4v) is 3.52. The normalized spacial score (nSPS) is 18.5. The van der Waals surface area contributed by atoms with E-state index >= 15 is 0 Å². The van der Waals surface area contributed by atoms with Gasteiger partial charge in [0.05, 0.1) is 12.1 Å². The Kier molecular flexibility index (Phi) is 4.53. The molecule has 4 rings (SSSR count). The van der Waals surface area contributed by atoms with Gasteiger partial charge >= 0.3 is 0 Å². The van der Waals surface area contributed by atoms with Crippen molar-refractivity contribution in [1.29, 1.82) is 0 Å². The number of aliphatic hydroxyl groups excluding tert-OH is 1. The maximum atomic E-state index is 14.0. The maximum absolute atomic E-state index is 14.0. The van der Waals surface area contributed by atoms with E-state index in [0.717, 1.165) is 0 Å². The third kappa shape index (κ3) is 3.25. The van der Waals surface area contributed by atoms with Crippen LogP contribution in [0.15, 0.2) is 52.9 Å². The highest BCUT2D eigenvalue weighted by atomic mass is 19.1. The second-order valence-corrected chi connectivity index (χ2v) is 6.61. The topological polar surface area (TPSA) is 62.4 Å². The molecular weight excluding hydrogens is 333 g/mol. The molecule has 0 bridgehead atoms. The van der Waals surface area contributed by atoms with Crippen LogP contribution in [0.4, 0.5) is 4.39 Å². The molecule has 0 saturated heterocycles. The molecular formula is C20H20FN3O2. The molecule has 0 spiro atoms. The Balaban J connectivity index is 1.64. The molecule has 2 aromatic carbocycles. The predicted molar refractivity (Wildman–Crippen MR) is 93.7 cm³/mol. The number of aromatic nitrogens is 2. The monoisotopic (exact) mass is 353 g/mol. The lowest BCUT2D eigenvalue weighted by Crippen LogP contribution is -2.37. The highest BCUT2D eigenvalue weighted by Crippen LogP contribution is 2.34. The molecule has 0 radical (unpaired) electrons. The molecule has 0 fully saturated rings. The van der Waals surface area contributed by atoms with Crippen LogP contribution in [0.3, 0.4) is 0 Å². The lowest BCUT2D eigenvalue weighted by Gasteiger charge is -2.36. The molecule has 1 aliphatic rings. The molecule has 3 aromatic rings. The summed E-state index contributed by atoms with van der Waals surface area (Å²) in [4.78, 5) is 2.08. The first-order valence-electron chi connectivity index (χ1n) is 8.65. The van der Waals surface area contributed by atoms with E-state index in [1.54, 1.807) is 25.1 Å². The Morgan fingerprint density at radius 1 is 1.15 bits per heavy atom. The molecule has 2 atom stereocenters. The summed E-state index contributed by atoms with van der Waals surface area (Å²) in [5.74, 6) is 0.633. The lowest BCUT2D eigenvalue weighted by atomic mass is 9.93. The summed E-state index contributed by atoms with van der Waals surface area (Å²) in [5, 5.41) is 18.7. The number of halogens is 1. The zero-order chi connectivity index (χ0) is 18.1. The van der Waals surface area contributed by atoms with Crippen molar-refractivity contribution < 1.29 is 13.9 Å². The van der Waals surface area contributed by atoms with Gasteiger partial charge in [-0.15, -0.1) is 10.2 Å². The standard InChI is InChI=1S/C20H20FN3O2/c1-13-22-23-20(26-13)18-10-14-6-2-3-7-15(14)11-24(18)12-19(25)16-8-4-5-9-17(16)21/h2-9,18-19,25H,10-12H2,1H3. The summed E-state index contributed by atoms with van der Waals surface area (Å²) in [5.41, 5.74) is 2.72. The first-order valence-corrected chi connectivity index (χ1v) is 8.65. The van der Waals surface area contributed by atoms with Crippen molar-refractivity contribution in [2.45, 2.75) is 32.0 Å². The smallest absolute Gasteiger partial charge is 0.233 e. The highest BCUT2D eigenvalue weighted by molar-refractivity contribution is 5.31. The van der Waals surface area contributed by atoms with E-state index in [-0.39, 0.29) is 12.6 Å². The Morgan fingerprint density at radius 3 is 2.62 bits per heavy atom. The number of benzene rings is 2. The Bertz CT molecular complexity index is 911. The van der Waals surface area contributed by atoms with E-state index in [4.69, 9.17) is 4.42 Å². The van der Waals surface area contributed by atoms with Crippen LogP contribution in [-0.2, 0) is 13.0 Å². The quantitative estimate of drug-likeness (QED) is 0.779. The van der Waals surface area contributed by atoms with Crippen LogP contribution in [0.5, 0.6) is 0 Å². The molecule has 2 heterocycles. The van der Waals surface area contributed by atoms with Crippen LogP contribution in [-0.4, -0.2) is 26.7 Å². The van der Waals surface area contributed by atoms with Crippen molar-refractivity contribution in [3.63, 3.8) is 0 Å². The first-order chi connectivity index (χ1) is 12.6. The van der Waals surface area contributed by atoms with E-state index in [9.17, 15) is 9.50 Å². The fraction of sp³-hybridized carbons (Fsp3) is 0.300. The second kappa shape index (κ2) is 6.97. The SMILES string of the molecule is Cc1nnc(C2Cc3ccccc3CN2CC(O)c2ccccc2F)o1. The molecule has 26 heavy (non-hydrogen) atoms. The average molecular weight is 353 g/mol. The summed E-state index contributed by atoms with van der Waals surface area (Å²) < 4.78 is 19.7. The number of fused-ring (bicyclic) bond motifs is 1. The number of β-amino-alcohol motifs (C(OH)–C–C–N with tert-alkyl or cyclic N) is 1. The number of hydrogen-bond donors (Lipinski definition) is 1. The minimum absolute atomic E-state index is 0.146. The van der Waals surface area contributed by atoms with Crippen LogP contribution in [0.1, 0.15) is 40.6 Å². The van der Waals surface area contributed by atoms with E-state index < -0.39 is 11.9 Å². The van der Waals surface area contributed by atoms with Gasteiger partial charge in [0, 0.05) is 25.6 Å². The van der Waals surface area contributed by atoms with Gasteiger partial charge in [0.1, 0.15) is 5.82 Å². The lowest BCUT2D eigenvalue weighted by molar-refractivity contribution is 0.0630. The molecule has 2 unspecified atom stereocenters. The van der Waals surface area contributed by atoms with Crippen LogP contribution < -0.4 is 0 Å². The molecule has 0 amide bonds. The van der Waals surface area contributed by atoms with Gasteiger partial charge in [0.25, 0.3) is 0 Å². The van der Waals surface area contributed by atoms with Gasteiger partial charge in [0.2, 0.25) is 11.8 Å². The molecule has 0 saturated carbocycles. The van der Waals surface area contributed by atoms with Crippen molar-refractivity contribution in [3.8, 4) is 0 Å². The van der Waals surface area contributed by atoms with Crippen LogP contribution in [0, 0.1) is 12.7 Å². The van der Waals surface area contributed by atoms with Gasteiger partial charge in [-0.25, -0.2) is 4.39 Å². The second-order valence-electron chi connectivity index (χ2n) is 6.61. The van der Waals surface area contributed by atoms with Crippen LogP contribution in [0.25, 0.3) is 0 Å². The van der Waals surface area contributed by atoms with Gasteiger partial charge in [-0.3, -0.25) is 4.90 Å². The zero-order valence-electron chi connectivity index (χ0n) is 14.5. The Labute approximate surface area is 151 Å². The zero-order valence-corrected chi connectivity index (χ0v) is 14.5. The first kappa shape index (κ1) is 16.9. The van der Waals surface area contributed by atoms with Gasteiger partial charge in [0.15, 0.2) is 0 Å². The Morgan fingerprint density at radius 2 is 1.88 bits per heavy atom. The molecule has 134 valence electrons. The predicted octanol–water partition coefficient (Wildman–Crippen LogP) is 3.35. The third-order valence-electron chi connectivity index (χ3n) is 4.84. The highest BCUT2D eigenvalue weighted by Gasteiger charge is 2.32. The summed E-state index contributed by atoms with van der Waals surface area (Å²) in [6, 6.07) is 14.4. The largest absolute Gasteiger partial charge is 0.424 e. The van der Waals surface area contributed by atoms with E-state index in [0.29, 0.717) is 30.3 Å². The summed E-state index contributed by atoms with van der Waals surface area (Å²) in [6.07, 6.45) is -0.227. The van der Waals surface area contributed by atoms with Crippen LogP contribution in [0.2, 0.25) is 0 Å². The molecule has 1 aromatic heterocycles. The van der Waals surface area contributed by atoms with E-state index in [1.807, 2.05) is 12.1 Å². The molecule has 1 N–H and O–H groups in total. The number of aliphatic hydroxyl groups is 1. The number of aryl methyl sites for hydroxylation is 1. The molecule has 6 heteroatoms. The fourth-order valence-electron chi connectivity index (χ4n) is 3.52. The van der Waals surface area contributed by atoms with Gasteiger partial charge < -0.3 is 9.52 Å². The minimum Gasteiger partial charge on any atom is -0.424 e. The molecule has 1 aliphatic heterocycles. The molecule has 0 aliphatic carbocycles.